The van der Waals surface area contributed by atoms with E-state index >= 15 is 0 Å². The lowest BCUT2D eigenvalue weighted by atomic mass is 10.3. The topological polar surface area (TPSA) is 55.2 Å². The smallest absolute Gasteiger partial charge is 0.246 e. The Morgan fingerprint density at radius 2 is 1.78 bits per heavy atom. The largest absolute Gasteiger partial charge is 0.275 e. The van der Waals surface area contributed by atoms with E-state index in [1.54, 1.807) is 38.0 Å². The second-order valence-corrected chi connectivity index (χ2v) is 8.44. The van der Waals surface area contributed by atoms with E-state index < -0.39 is 10.0 Å². The number of aryl methyl sites for hydroxylation is 1. The molecule has 0 aliphatic heterocycles. The molecule has 2 rings (SSSR count). The van der Waals surface area contributed by atoms with E-state index in [2.05, 4.69) is 5.10 Å². The van der Waals surface area contributed by atoms with E-state index in [-0.39, 0.29) is 32.5 Å². The lowest BCUT2D eigenvalue weighted by Crippen LogP contribution is -2.36. The second-order valence-electron chi connectivity index (χ2n) is 5.36. The fraction of sp³-hybridized carbons (Fsp3) is 0.357. The molecular weight excluding hydrogens is 381 g/mol. The average Bonchev–Trinajstić information content (AvgIpc) is 2.79. The molecule has 0 bridgehead atoms. The Morgan fingerprint density at radius 3 is 2.22 bits per heavy atom. The van der Waals surface area contributed by atoms with E-state index in [1.807, 2.05) is 0 Å². The zero-order valence-electron chi connectivity index (χ0n) is 12.8. The number of rotatable bonds is 5. The minimum atomic E-state index is -3.89. The van der Waals surface area contributed by atoms with Crippen molar-refractivity contribution in [3.63, 3.8) is 0 Å². The van der Waals surface area contributed by atoms with Crippen molar-refractivity contribution in [2.45, 2.75) is 31.3 Å². The van der Waals surface area contributed by atoms with Crippen LogP contribution in [0.2, 0.25) is 15.1 Å². The molecule has 0 saturated heterocycles. The van der Waals surface area contributed by atoms with E-state index in [9.17, 15) is 8.42 Å². The summed E-state index contributed by atoms with van der Waals surface area (Å²) in [6.45, 7) is 3.74. The summed E-state index contributed by atoms with van der Waals surface area (Å²) >= 11 is 18.0. The monoisotopic (exact) mass is 395 g/mol. The number of halogens is 3. The fourth-order valence-corrected chi connectivity index (χ4v) is 5.29. The zero-order chi connectivity index (χ0) is 17.4. The van der Waals surface area contributed by atoms with Crippen molar-refractivity contribution >= 4 is 44.8 Å². The molecule has 0 radical (unpaired) electrons. The maximum Gasteiger partial charge on any atom is 0.246 e. The van der Waals surface area contributed by atoms with Crippen molar-refractivity contribution in [2.75, 3.05) is 0 Å². The molecule has 0 N–H and O–H groups in total. The number of sulfonamides is 1. The molecule has 9 heteroatoms. The van der Waals surface area contributed by atoms with Crippen molar-refractivity contribution in [1.82, 2.24) is 14.1 Å². The molecule has 126 valence electrons. The summed E-state index contributed by atoms with van der Waals surface area (Å²) in [6.07, 6.45) is 3.38. The average molecular weight is 397 g/mol. The Bertz CT molecular complexity index is 795. The van der Waals surface area contributed by atoms with Gasteiger partial charge in [0.1, 0.15) is 4.90 Å². The van der Waals surface area contributed by atoms with Gasteiger partial charge in [-0.25, -0.2) is 8.42 Å². The van der Waals surface area contributed by atoms with Crippen LogP contribution in [0.5, 0.6) is 0 Å². The van der Waals surface area contributed by atoms with Gasteiger partial charge in [-0.1, -0.05) is 34.8 Å². The third-order valence-corrected chi connectivity index (χ3v) is 6.36. The summed E-state index contributed by atoms with van der Waals surface area (Å²) in [4.78, 5) is -0.136. The Labute approximate surface area is 150 Å². The highest BCUT2D eigenvalue weighted by molar-refractivity contribution is 7.89. The first-order valence-corrected chi connectivity index (χ1v) is 9.34. The van der Waals surface area contributed by atoms with Crippen molar-refractivity contribution in [3.05, 3.63) is 45.2 Å². The summed E-state index contributed by atoms with van der Waals surface area (Å²) in [5, 5.41) is 4.33. The van der Waals surface area contributed by atoms with Crippen LogP contribution < -0.4 is 0 Å². The van der Waals surface area contributed by atoms with Gasteiger partial charge in [0.15, 0.2) is 0 Å². The van der Waals surface area contributed by atoms with Gasteiger partial charge >= 0.3 is 0 Å². The molecule has 0 atom stereocenters. The first kappa shape index (κ1) is 18.5. The number of aromatic nitrogens is 2. The highest BCUT2D eigenvalue weighted by Gasteiger charge is 2.31. The summed E-state index contributed by atoms with van der Waals surface area (Å²) in [5.41, 5.74) is 0.769. The summed E-state index contributed by atoms with van der Waals surface area (Å²) < 4.78 is 29.0. The van der Waals surface area contributed by atoms with Crippen LogP contribution in [0, 0.1) is 0 Å². The molecule has 0 fully saturated rings. The molecule has 0 amide bonds. The van der Waals surface area contributed by atoms with Gasteiger partial charge < -0.3 is 0 Å². The predicted molar refractivity (Wildman–Crippen MR) is 92.5 cm³/mol. The zero-order valence-corrected chi connectivity index (χ0v) is 15.9. The molecular formula is C14H16Cl3N3O2S. The molecule has 5 nitrogen and oxygen atoms in total. The van der Waals surface area contributed by atoms with E-state index in [0.29, 0.717) is 0 Å². The Morgan fingerprint density at radius 1 is 1.22 bits per heavy atom. The third-order valence-electron chi connectivity index (χ3n) is 3.20. The van der Waals surface area contributed by atoms with Crippen LogP contribution in [-0.4, -0.2) is 28.5 Å². The number of nitrogens with zero attached hydrogens (tertiary/aromatic N) is 3. The SMILES string of the molecule is CC(C)N(Cc1cnn(C)c1)S(=O)(=O)c1c(Cl)cc(Cl)cc1Cl. The molecule has 1 aromatic carbocycles. The first-order valence-electron chi connectivity index (χ1n) is 6.77. The van der Waals surface area contributed by atoms with Crippen molar-refractivity contribution in [1.29, 1.82) is 0 Å². The Kier molecular flexibility index (Phi) is 5.63. The number of hydrogen-bond donors (Lipinski definition) is 0. The van der Waals surface area contributed by atoms with Gasteiger partial charge in [0.25, 0.3) is 0 Å². The van der Waals surface area contributed by atoms with Crippen LogP contribution >= 0.6 is 34.8 Å². The van der Waals surface area contributed by atoms with Crippen LogP contribution in [0.15, 0.2) is 29.4 Å². The third kappa shape index (κ3) is 4.00. The molecule has 0 aliphatic rings. The van der Waals surface area contributed by atoms with Crippen LogP contribution in [0.3, 0.4) is 0 Å². The minimum absolute atomic E-state index is 0.000614. The van der Waals surface area contributed by atoms with Gasteiger partial charge in [-0.05, 0) is 26.0 Å². The van der Waals surface area contributed by atoms with Gasteiger partial charge in [-0.3, -0.25) is 4.68 Å². The summed E-state index contributed by atoms with van der Waals surface area (Å²) in [7, 11) is -2.13. The fourth-order valence-electron chi connectivity index (χ4n) is 2.17. The van der Waals surface area contributed by atoms with E-state index in [1.165, 1.54) is 16.4 Å². The normalized spacial score (nSPS) is 12.3. The quantitative estimate of drug-likeness (QED) is 0.768. The number of hydrogen-bond acceptors (Lipinski definition) is 3. The van der Waals surface area contributed by atoms with Crippen molar-refractivity contribution in [3.8, 4) is 0 Å². The maximum absolute atomic E-state index is 13.0. The van der Waals surface area contributed by atoms with Crippen LogP contribution in [0.4, 0.5) is 0 Å². The van der Waals surface area contributed by atoms with Gasteiger partial charge in [0.2, 0.25) is 10.0 Å². The molecule has 0 aliphatic carbocycles. The highest BCUT2D eigenvalue weighted by atomic mass is 35.5. The lowest BCUT2D eigenvalue weighted by Gasteiger charge is -2.26. The maximum atomic E-state index is 13.0. The van der Waals surface area contributed by atoms with Crippen molar-refractivity contribution < 1.29 is 8.42 Å². The second kappa shape index (κ2) is 6.99. The van der Waals surface area contributed by atoms with Gasteiger partial charge in [0.05, 0.1) is 16.2 Å². The Balaban J connectivity index is 2.49. The summed E-state index contributed by atoms with van der Waals surface area (Å²) in [5.74, 6) is 0. The van der Waals surface area contributed by atoms with E-state index in [0.717, 1.165) is 5.56 Å². The molecule has 1 heterocycles. The van der Waals surface area contributed by atoms with Gasteiger partial charge in [0, 0.05) is 36.4 Å². The van der Waals surface area contributed by atoms with Crippen LogP contribution in [0.25, 0.3) is 0 Å². The molecule has 2 aromatic rings. The first-order chi connectivity index (χ1) is 10.6. The van der Waals surface area contributed by atoms with Gasteiger partial charge in [-0.2, -0.15) is 9.40 Å². The standard InChI is InChI=1S/C14H16Cl3N3O2S/c1-9(2)20(8-10-6-18-19(3)7-10)23(21,22)14-12(16)4-11(15)5-13(14)17/h4-7,9H,8H2,1-3H3. The van der Waals surface area contributed by atoms with Gasteiger partial charge in [-0.15, -0.1) is 0 Å². The molecule has 23 heavy (non-hydrogen) atoms. The molecule has 0 saturated carbocycles. The Hall–Kier alpha value is -0.790. The van der Waals surface area contributed by atoms with Crippen molar-refractivity contribution in [2.24, 2.45) is 7.05 Å². The molecule has 1 aromatic heterocycles. The summed E-state index contributed by atoms with van der Waals surface area (Å²) in [6, 6.07) is 2.44. The predicted octanol–water partition coefficient (Wildman–Crippen LogP) is 3.98. The van der Waals surface area contributed by atoms with E-state index in [4.69, 9.17) is 34.8 Å². The van der Waals surface area contributed by atoms with Crippen LogP contribution in [-0.2, 0) is 23.6 Å². The molecule has 0 unspecified atom stereocenters. The molecule has 0 spiro atoms. The van der Waals surface area contributed by atoms with Crippen LogP contribution in [0.1, 0.15) is 19.4 Å². The number of benzene rings is 1. The highest BCUT2D eigenvalue weighted by Crippen LogP contribution is 2.35. The lowest BCUT2D eigenvalue weighted by molar-refractivity contribution is 0.348. The minimum Gasteiger partial charge on any atom is -0.275 e.